The highest BCUT2D eigenvalue weighted by atomic mass is 16.5. The van der Waals surface area contributed by atoms with Gasteiger partial charge in [0, 0.05) is 28.8 Å². The van der Waals surface area contributed by atoms with Crippen LogP contribution in [0.1, 0.15) is 127 Å². The van der Waals surface area contributed by atoms with Crippen LogP contribution in [0.3, 0.4) is 0 Å². The van der Waals surface area contributed by atoms with E-state index in [1.165, 1.54) is 20.0 Å². The molecule has 5 aliphatic rings. The number of aliphatic carboxylic acids is 2. The molecule has 5 saturated heterocycles. The lowest BCUT2D eigenvalue weighted by atomic mass is 10.0. The number of benzene rings is 3. The number of carbonyl (C=O) groups is 6. The third-order valence-corrected chi connectivity index (χ3v) is 13.5. The summed E-state index contributed by atoms with van der Waals surface area (Å²) in [5.41, 5.74) is 2.10. The quantitative estimate of drug-likeness (QED) is 0.0835. The van der Waals surface area contributed by atoms with Gasteiger partial charge in [-0.3, -0.25) is 43.5 Å². The highest BCUT2D eigenvalue weighted by Crippen LogP contribution is 2.21. The second-order valence-corrected chi connectivity index (χ2v) is 18.7. The topological polar surface area (TPSA) is 226 Å². The van der Waals surface area contributed by atoms with E-state index in [0.29, 0.717) is 43.3 Å². The second kappa shape index (κ2) is 33.4. The van der Waals surface area contributed by atoms with Crippen LogP contribution in [0.2, 0.25) is 0 Å². The predicted molar refractivity (Wildman–Crippen MR) is 273 cm³/mol. The number of likely N-dealkylation sites (tertiary alicyclic amines) is 3. The Labute approximate surface area is 420 Å². The summed E-state index contributed by atoms with van der Waals surface area (Å²) in [7, 11) is 1.40. The maximum Gasteiger partial charge on any atom is 0.323 e. The van der Waals surface area contributed by atoms with Crippen molar-refractivity contribution < 1.29 is 53.9 Å². The fourth-order valence-electron chi connectivity index (χ4n) is 9.36. The molecule has 6 N–H and O–H groups in total. The second-order valence-electron chi connectivity index (χ2n) is 18.7. The average Bonchev–Trinajstić information content (AvgIpc) is 3.43. The Morgan fingerprint density at radius 3 is 1.30 bits per heavy atom. The molecule has 5 fully saturated rings. The molecule has 0 saturated carbocycles. The van der Waals surface area contributed by atoms with Gasteiger partial charge in [0.2, 0.25) is 0 Å². The number of Topliss-reactive ketones (excluding diaryl/α,β-unsaturated/α-hetero) is 3. The van der Waals surface area contributed by atoms with Crippen LogP contribution in [-0.2, 0) is 19.1 Å². The molecule has 8 rings (SSSR count). The molecule has 0 bridgehead atoms. The Balaban J connectivity index is 0.000000200. The molecule has 16 heteroatoms. The Hall–Kier alpha value is -5.20. The van der Waals surface area contributed by atoms with E-state index in [0.717, 1.165) is 109 Å². The van der Waals surface area contributed by atoms with Crippen LogP contribution < -0.4 is 10.6 Å². The molecule has 5 atom stereocenters. The SMILES string of the molecule is COC(=O)[C@@H]1CCCCN1CC(=O)c1ccccc1.O=C(CN1CCCC[C@H]1C(=O)O)c1ccccc1.O=C(CN1CCCC[C@H]1CO)c1ccccc1.O=C(O)[C@@H]1CCCCN1.OC[C@@H]1CCCCN1. The number of carboxylic acids is 2. The summed E-state index contributed by atoms with van der Waals surface area (Å²) < 4.78 is 4.82. The van der Waals surface area contributed by atoms with Crippen LogP contribution in [0, 0.1) is 0 Å². The van der Waals surface area contributed by atoms with Crippen molar-refractivity contribution in [2.45, 2.75) is 127 Å². The Morgan fingerprint density at radius 2 is 0.915 bits per heavy atom. The molecule has 0 spiro atoms. The summed E-state index contributed by atoms with van der Waals surface area (Å²) >= 11 is 0. The number of nitrogens with one attached hydrogen (secondary N) is 2. The molecule has 0 aliphatic carbocycles. The van der Waals surface area contributed by atoms with Crippen molar-refractivity contribution in [2.75, 3.05) is 72.7 Å². The number of nitrogens with zero attached hydrogens (tertiary/aromatic N) is 3. The predicted octanol–water partition coefficient (Wildman–Crippen LogP) is 5.76. The van der Waals surface area contributed by atoms with Gasteiger partial charge in [0.05, 0.1) is 40.0 Å². The molecular weight excluding hydrogens is 907 g/mol. The smallest absolute Gasteiger partial charge is 0.323 e. The lowest BCUT2D eigenvalue weighted by molar-refractivity contribution is -0.148. The number of carboxylic acid groups (broad SMARTS) is 2. The first-order valence-corrected chi connectivity index (χ1v) is 25.6. The van der Waals surface area contributed by atoms with Gasteiger partial charge >= 0.3 is 17.9 Å². The number of ether oxygens (including phenoxy) is 1. The number of aliphatic hydroxyl groups is 2. The zero-order valence-corrected chi connectivity index (χ0v) is 41.7. The molecule has 3 aromatic rings. The van der Waals surface area contributed by atoms with Crippen LogP contribution in [-0.4, -0.2) is 173 Å². The van der Waals surface area contributed by atoms with Gasteiger partial charge < -0.3 is 35.8 Å². The van der Waals surface area contributed by atoms with E-state index in [4.69, 9.17) is 20.1 Å². The number of carbonyl (C=O) groups excluding carboxylic acids is 4. The number of hydrogen-bond donors (Lipinski definition) is 6. The van der Waals surface area contributed by atoms with Crippen LogP contribution >= 0.6 is 0 Å². The van der Waals surface area contributed by atoms with E-state index < -0.39 is 18.0 Å². The number of aliphatic hydroxyl groups excluding tert-OH is 2. The number of methoxy groups -OCH3 is 1. The molecule has 3 aromatic carbocycles. The third-order valence-electron chi connectivity index (χ3n) is 13.5. The summed E-state index contributed by atoms with van der Waals surface area (Å²) in [6.07, 6.45) is 15.3. The van der Waals surface area contributed by atoms with Crippen molar-refractivity contribution in [3.05, 3.63) is 108 Å². The molecule has 0 unspecified atom stereocenters. The van der Waals surface area contributed by atoms with Crippen molar-refractivity contribution in [2.24, 2.45) is 0 Å². The monoisotopic (exact) mass is 986 g/mol. The normalized spacial score (nSPS) is 22.6. The van der Waals surface area contributed by atoms with E-state index in [1.807, 2.05) is 71.6 Å². The van der Waals surface area contributed by atoms with Crippen molar-refractivity contribution in [3.8, 4) is 0 Å². The summed E-state index contributed by atoms with van der Waals surface area (Å²) in [5, 5.41) is 41.7. The maximum absolute atomic E-state index is 12.2. The summed E-state index contributed by atoms with van der Waals surface area (Å²) in [6, 6.07) is 27.1. The molecule has 0 amide bonds. The largest absolute Gasteiger partial charge is 0.480 e. The van der Waals surface area contributed by atoms with Gasteiger partial charge in [0.15, 0.2) is 17.3 Å². The van der Waals surface area contributed by atoms with Crippen molar-refractivity contribution in [1.29, 1.82) is 0 Å². The molecule has 5 heterocycles. The van der Waals surface area contributed by atoms with Crippen LogP contribution in [0.15, 0.2) is 91.0 Å². The lowest BCUT2D eigenvalue weighted by Gasteiger charge is -2.33. The van der Waals surface area contributed by atoms with Gasteiger partial charge in [-0.15, -0.1) is 0 Å². The number of hydrogen-bond acceptors (Lipinski definition) is 14. The van der Waals surface area contributed by atoms with Crippen molar-refractivity contribution in [3.63, 3.8) is 0 Å². The minimum absolute atomic E-state index is 0.0104. The summed E-state index contributed by atoms with van der Waals surface area (Å²) in [4.78, 5) is 75.2. The standard InChI is InChI=1S/C15H19NO3.C14H17NO3.C14H19NO2.C6H11NO2.C6H13NO/c1-19-15(18)13-9-5-6-10-16(13)11-14(17)12-7-3-2-4-8-12;16-13(11-6-2-1-3-7-11)10-15-9-5-4-8-12(15)14(17)18;16-11-13-8-4-5-9-15(13)10-14(17)12-6-2-1-3-7-12;8-6(9)5-3-1-2-4-7-5;8-5-6-3-1-2-4-7-6/h2-4,7-8,13H,5-6,9-11H2,1H3;1-3,6-7,12H,4-5,8-10H2,(H,17,18);1-3,6-7,13,16H,4-5,8-11H2;5,7H,1-4H2,(H,8,9);6-8H,1-5H2/t13-;12-;13-;5-;6-/m00000/s1. The fourth-order valence-corrected chi connectivity index (χ4v) is 9.36. The van der Waals surface area contributed by atoms with Gasteiger partial charge in [0.25, 0.3) is 0 Å². The Kier molecular flexibility index (Phi) is 27.5. The van der Waals surface area contributed by atoms with Crippen LogP contribution in [0.4, 0.5) is 0 Å². The summed E-state index contributed by atoms with van der Waals surface area (Å²) in [5.74, 6) is -1.59. The molecule has 390 valence electrons. The number of esters is 1. The number of ketones is 3. The number of piperidine rings is 5. The van der Waals surface area contributed by atoms with E-state index in [1.54, 1.807) is 29.2 Å². The Morgan fingerprint density at radius 1 is 0.493 bits per heavy atom. The molecule has 71 heavy (non-hydrogen) atoms. The molecule has 5 aliphatic heterocycles. The number of rotatable bonds is 14. The zero-order valence-electron chi connectivity index (χ0n) is 41.7. The minimum atomic E-state index is -0.824. The molecule has 16 nitrogen and oxygen atoms in total. The first-order chi connectivity index (χ1) is 34.4. The van der Waals surface area contributed by atoms with Gasteiger partial charge in [-0.2, -0.15) is 0 Å². The minimum Gasteiger partial charge on any atom is -0.480 e. The van der Waals surface area contributed by atoms with E-state index in [-0.39, 0.29) is 61.1 Å². The third kappa shape index (κ3) is 21.2. The van der Waals surface area contributed by atoms with Gasteiger partial charge in [-0.1, -0.05) is 123 Å². The highest BCUT2D eigenvalue weighted by molar-refractivity contribution is 5.99. The van der Waals surface area contributed by atoms with Crippen LogP contribution in [0.25, 0.3) is 0 Å². The van der Waals surface area contributed by atoms with Gasteiger partial charge in [-0.25, -0.2) is 0 Å². The van der Waals surface area contributed by atoms with Crippen molar-refractivity contribution in [1.82, 2.24) is 25.3 Å². The van der Waals surface area contributed by atoms with E-state index >= 15 is 0 Å². The average molecular weight is 986 g/mol. The van der Waals surface area contributed by atoms with Crippen LogP contribution in [0.5, 0.6) is 0 Å². The van der Waals surface area contributed by atoms with E-state index in [9.17, 15) is 33.9 Å². The Bertz CT molecular complexity index is 2020. The first kappa shape index (κ1) is 58.4. The molecule has 0 radical (unpaired) electrons. The first-order valence-electron chi connectivity index (χ1n) is 25.6. The summed E-state index contributed by atoms with van der Waals surface area (Å²) in [6.45, 7) is 5.70. The van der Waals surface area contributed by atoms with E-state index in [2.05, 4.69) is 15.5 Å². The molecule has 0 aromatic heterocycles. The highest BCUT2D eigenvalue weighted by Gasteiger charge is 2.32. The van der Waals surface area contributed by atoms with Gasteiger partial charge in [0.1, 0.15) is 18.1 Å². The zero-order chi connectivity index (χ0) is 51.2. The lowest BCUT2D eigenvalue weighted by Crippen LogP contribution is -2.47. The fraction of sp³-hybridized carbons (Fsp3) is 0.564. The van der Waals surface area contributed by atoms with Crippen molar-refractivity contribution >= 4 is 35.3 Å². The maximum atomic E-state index is 12.2. The van der Waals surface area contributed by atoms with Gasteiger partial charge in [-0.05, 0) is 96.9 Å². The molecular formula is C55H79N5O11.